The summed E-state index contributed by atoms with van der Waals surface area (Å²) in [5, 5.41) is 0. The highest BCUT2D eigenvalue weighted by molar-refractivity contribution is 5.60. The second-order valence-electron chi connectivity index (χ2n) is 2.17. The van der Waals surface area contributed by atoms with Crippen molar-refractivity contribution in [2.75, 3.05) is 6.61 Å². The summed E-state index contributed by atoms with van der Waals surface area (Å²) in [4.78, 5) is 10.6. The van der Waals surface area contributed by atoms with Gasteiger partial charge in [-0.3, -0.25) is 0 Å². The van der Waals surface area contributed by atoms with Gasteiger partial charge < -0.3 is 9.47 Å². The minimum atomic E-state index is -0.581. The van der Waals surface area contributed by atoms with Gasteiger partial charge in [0.2, 0.25) is 0 Å². The van der Waals surface area contributed by atoms with E-state index in [0.717, 1.165) is 12.8 Å². The molecule has 1 saturated carbocycles. The molecule has 0 N–H and O–H groups in total. The molecule has 0 atom stereocenters. The highest BCUT2D eigenvalue weighted by Gasteiger charge is 2.26. The van der Waals surface area contributed by atoms with E-state index in [1.165, 1.54) is 6.08 Å². The highest BCUT2D eigenvalue weighted by atomic mass is 16.7. The molecule has 10 heavy (non-hydrogen) atoms. The van der Waals surface area contributed by atoms with Crippen molar-refractivity contribution in [3.8, 4) is 0 Å². The van der Waals surface area contributed by atoms with E-state index in [0.29, 0.717) is 0 Å². The van der Waals surface area contributed by atoms with E-state index >= 15 is 0 Å². The molecule has 0 aliphatic heterocycles. The summed E-state index contributed by atoms with van der Waals surface area (Å²) >= 11 is 0. The molecule has 56 valence electrons. The van der Waals surface area contributed by atoms with Gasteiger partial charge in [-0.25, -0.2) is 4.79 Å². The van der Waals surface area contributed by atoms with E-state index in [9.17, 15) is 4.79 Å². The number of carbonyl (C=O) groups excluding carboxylic acids is 1. The Hall–Kier alpha value is -0.990. The lowest BCUT2D eigenvalue weighted by Crippen LogP contribution is -2.08. The molecule has 1 fully saturated rings. The number of hydrogen-bond donors (Lipinski definition) is 0. The second-order valence-corrected chi connectivity index (χ2v) is 2.17. The summed E-state index contributed by atoms with van der Waals surface area (Å²) in [7, 11) is 0. The zero-order valence-corrected chi connectivity index (χ0v) is 5.71. The summed E-state index contributed by atoms with van der Waals surface area (Å²) < 4.78 is 9.32. The van der Waals surface area contributed by atoms with Crippen LogP contribution in [0.5, 0.6) is 0 Å². The Balaban J connectivity index is 2.02. The lowest BCUT2D eigenvalue weighted by atomic mass is 10.7. The fraction of sp³-hybridized carbons (Fsp3) is 0.571. The molecule has 0 aromatic heterocycles. The van der Waals surface area contributed by atoms with Crippen LogP contribution >= 0.6 is 0 Å². The molecule has 0 aromatic carbocycles. The third-order valence-electron chi connectivity index (χ3n) is 1.11. The molecular weight excluding hydrogens is 132 g/mol. The zero-order chi connectivity index (χ0) is 7.40. The maximum Gasteiger partial charge on any atom is 0.508 e. The first kappa shape index (κ1) is 7.12. The predicted octanol–water partition coefficient (Wildman–Crippen LogP) is 1.49. The largest absolute Gasteiger partial charge is 0.508 e. The summed E-state index contributed by atoms with van der Waals surface area (Å²) in [5.41, 5.74) is 0. The van der Waals surface area contributed by atoms with Gasteiger partial charge in [-0.15, -0.1) is 0 Å². The van der Waals surface area contributed by atoms with Gasteiger partial charge in [0.15, 0.2) is 0 Å². The number of carbonyl (C=O) groups is 1. The second kappa shape index (κ2) is 3.25. The van der Waals surface area contributed by atoms with E-state index in [1.807, 2.05) is 0 Å². The van der Waals surface area contributed by atoms with Crippen LogP contribution in [0.1, 0.15) is 12.8 Å². The first-order valence-corrected chi connectivity index (χ1v) is 3.27. The number of hydrogen-bond acceptors (Lipinski definition) is 3. The third kappa shape index (κ3) is 2.53. The number of ether oxygens (including phenoxy) is 2. The van der Waals surface area contributed by atoms with Gasteiger partial charge >= 0.3 is 6.16 Å². The third-order valence-corrected chi connectivity index (χ3v) is 1.11. The molecule has 0 bridgehead atoms. The smallest absolute Gasteiger partial charge is 0.431 e. The topological polar surface area (TPSA) is 35.5 Å². The maximum absolute atomic E-state index is 10.6. The molecule has 1 rings (SSSR count). The van der Waals surface area contributed by atoms with Crippen molar-refractivity contribution >= 4 is 6.16 Å². The van der Waals surface area contributed by atoms with Gasteiger partial charge in [-0.05, 0) is 12.8 Å². The van der Waals surface area contributed by atoms with Crippen LogP contribution in [0.25, 0.3) is 0 Å². The quantitative estimate of drug-likeness (QED) is 0.442. The Morgan fingerprint density at radius 3 is 2.90 bits per heavy atom. The molecule has 3 nitrogen and oxygen atoms in total. The van der Waals surface area contributed by atoms with Crippen molar-refractivity contribution < 1.29 is 14.3 Å². The van der Waals surface area contributed by atoms with Gasteiger partial charge in [-0.1, -0.05) is 12.7 Å². The molecule has 1 aliphatic rings. The molecule has 0 aromatic rings. The minimum Gasteiger partial charge on any atom is -0.431 e. The fourth-order valence-corrected chi connectivity index (χ4v) is 0.483. The Kier molecular flexibility index (Phi) is 2.31. The lowest BCUT2D eigenvalue weighted by molar-refractivity contribution is 0.0575. The molecule has 0 spiro atoms. The summed E-state index contributed by atoms with van der Waals surface area (Å²) in [5.74, 6) is 0. The number of rotatable bonds is 3. The van der Waals surface area contributed by atoms with E-state index in [2.05, 4.69) is 11.3 Å². The Morgan fingerprint density at radius 1 is 1.70 bits per heavy atom. The molecule has 0 saturated heterocycles. The van der Waals surface area contributed by atoms with Crippen LogP contribution in [-0.2, 0) is 9.47 Å². The van der Waals surface area contributed by atoms with Crippen molar-refractivity contribution in [3.63, 3.8) is 0 Å². The first-order chi connectivity index (χ1) is 4.83. The van der Waals surface area contributed by atoms with Gasteiger partial charge in [0.25, 0.3) is 0 Å². The molecule has 0 heterocycles. The van der Waals surface area contributed by atoms with Crippen LogP contribution < -0.4 is 0 Å². The van der Waals surface area contributed by atoms with Gasteiger partial charge in [-0.2, -0.15) is 0 Å². The van der Waals surface area contributed by atoms with Crippen LogP contribution in [0.2, 0.25) is 0 Å². The maximum atomic E-state index is 10.6. The standard InChI is InChI=1S/C7H10O3/c1-2-5-9-7(8)10-6-3-4-6/h2,6H,1,3-5H2. The van der Waals surface area contributed by atoms with Gasteiger partial charge in [0.05, 0.1) is 0 Å². The Bertz CT molecular complexity index is 138. The van der Waals surface area contributed by atoms with Crippen LogP contribution in [0.3, 0.4) is 0 Å². The molecular formula is C7H10O3. The van der Waals surface area contributed by atoms with Crippen molar-refractivity contribution in [2.24, 2.45) is 0 Å². The zero-order valence-electron chi connectivity index (χ0n) is 5.71. The molecule has 0 amide bonds. The van der Waals surface area contributed by atoms with Crippen LogP contribution in [0, 0.1) is 0 Å². The van der Waals surface area contributed by atoms with E-state index in [-0.39, 0.29) is 12.7 Å². The molecule has 3 heteroatoms. The van der Waals surface area contributed by atoms with Crippen LogP contribution in [0.4, 0.5) is 4.79 Å². The van der Waals surface area contributed by atoms with E-state index in [1.54, 1.807) is 0 Å². The van der Waals surface area contributed by atoms with Crippen molar-refractivity contribution in [1.82, 2.24) is 0 Å². The lowest BCUT2D eigenvalue weighted by Gasteiger charge is -2.00. The van der Waals surface area contributed by atoms with E-state index in [4.69, 9.17) is 4.74 Å². The average molecular weight is 142 g/mol. The van der Waals surface area contributed by atoms with Crippen molar-refractivity contribution in [1.29, 1.82) is 0 Å². The normalized spacial score (nSPS) is 16.0. The fourth-order valence-electron chi connectivity index (χ4n) is 0.483. The summed E-state index contributed by atoms with van der Waals surface area (Å²) in [6.07, 6.45) is 3.00. The van der Waals surface area contributed by atoms with Gasteiger partial charge in [0.1, 0.15) is 12.7 Å². The first-order valence-electron chi connectivity index (χ1n) is 3.27. The van der Waals surface area contributed by atoms with Crippen LogP contribution in [-0.4, -0.2) is 18.9 Å². The van der Waals surface area contributed by atoms with E-state index < -0.39 is 6.16 Å². The van der Waals surface area contributed by atoms with Crippen molar-refractivity contribution in [2.45, 2.75) is 18.9 Å². The predicted molar refractivity (Wildman–Crippen MR) is 35.7 cm³/mol. The average Bonchev–Trinajstić information content (AvgIpc) is 2.67. The molecule has 1 aliphatic carbocycles. The molecule has 0 radical (unpaired) electrons. The Morgan fingerprint density at radius 2 is 2.40 bits per heavy atom. The minimum absolute atomic E-state index is 0.123. The van der Waals surface area contributed by atoms with Crippen LogP contribution in [0.15, 0.2) is 12.7 Å². The highest BCUT2D eigenvalue weighted by Crippen LogP contribution is 2.23. The summed E-state index contributed by atoms with van der Waals surface area (Å²) in [6, 6.07) is 0. The molecule has 0 unspecified atom stereocenters. The van der Waals surface area contributed by atoms with Gasteiger partial charge in [0, 0.05) is 0 Å². The van der Waals surface area contributed by atoms with Crippen molar-refractivity contribution in [3.05, 3.63) is 12.7 Å². The Labute approximate surface area is 59.6 Å². The monoisotopic (exact) mass is 142 g/mol. The SMILES string of the molecule is C=CCOC(=O)OC1CC1. The summed E-state index contributed by atoms with van der Waals surface area (Å²) in [6.45, 7) is 3.62.